The van der Waals surface area contributed by atoms with E-state index in [9.17, 15) is 9.90 Å². The smallest absolute Gasteiger partial charge is 0.257 e. The van der Waals surface area contributed by atoms with E-state index in [1.54, 1.807) is 13.1 Å². The van der Waals surface area contributed by atoms with Crippen molar-refractivity contribution in [1.82, 2.24) is 20.1 Å². The number of aromatic amines is 1. The van der Waals surface area contributed by atoms with E-state index in [-0.39, 0.29) is 11.7 Å². The summed E-state index contributed by atoms with van der Waals surface area (Å²) in [6, 6.07) is 3.47. The molecule has 1 heterocycles. The molecule has 0 bridgehead atoms. The first kappa shape index (κ1) is 14.5. The summed E-state index contributed by atoms with van der Waals surface area (Å²) >= 11 is 4.11. The van der Waals surface area contributed by atoms with Gasteiger partial charge in [-0.05, 0) is 57.3 Å². The summed E-state index contributed by atoms with van der Waals surface area (Å²) in [4.78, 5) is 17.7. The van der Waals surface area contributed by atoms with Crippen LogP contribution in [0.15, 0.2) is 18.5 Å². The van der Waals surface area contributed by atoms with Gasteiger partial charge in [0.15, 0.2) is 0 Å². The van der Waals surface area contributed by atoms with Crippen LogP contribution in [0.1, 0.15) is 16.2 Å². The van der Waals surface area contributed by atoms with E-state index in [4.69, 9.17) is 0 Å². The average molecular weight is 484 g/mol. The van der Waals surface area contributed by atoms with Crippen molar-refractivity contribution in [3.63, 3.8) is 0 Å². The van der Waals surface area contributed by atoms with Crippen LogP contribution in [-0.4, -0.2) is 38.1 Å². The molecule has 2 N–H and O–H groups in total. The molecule has 0 saturated heterocycles. The molecule has 100 valence electrons. The number of benzene rings is 1. The SMILES string of the molecule is CN(Cc1ncn[nH]1)C(=O)c1cc(I)cc(I)c1O. The number of phenols is 1. The van der Waals surface area contributed by atoms with E-state index < -0.39 is 0 Å². The Labute approximate surface area is 136 Å². The number of aromatic nitrogens is 3. The normalized spacial score (nSPS) is 10.5. The summed E-state index contributed by atoms with van der Waals surface area (Å²) in [6.45, 7) is 0.306. The maximum atomic E-state index is 12.3. The van der Waals surface area contributed by atoms with Crippen LogP contribution < -0.4 is 0 Å². The summed E-state index contributed by atoms with van der Waals surface area (Å²) < 4.78 is 1.55. The van der Waals surface area contributed by atoms with Gasteiger partial charge in [0, 0.05) is 10.6 Å². The third-order valence-corrected chi connectivity index (χ3v) is 3.90. The fourth-order valence-electron chi connectivity index (χ4n) is 1.54. The lowest BCUT2D eigenvalue weighted by atomic mass is 10.2. The molecule has 0 unspecified atom stereocenters. The van der Waals surface area contributed by atoms with Gasteiger partial charge >= 0.3 is 0 Å². The van der Waals surface area contributed by atoms with Crippen LogP contribution in [0.4, 0.5) is 0 Å². The van der Waals surface area contributed by atoms with Gasteiger partial charge < -0.3 is 10.0 Å². The second kappa shape index (κ2) is 6.03. The molecule has 1 aromatic heterocycles. The van der Waals surface area contributed by atoms with Gasteiger partial charge in [0.1, 0.15) is 17.9 Å². The highest BCUT2D eigenvalue weighted by molar-refractivity contribution is 14.1. The fourth-order valence-corrected chi connectivity index (χ4v) is 3.38. The van der Waals surface area contributed by atoms with Gasteiger partial charge in [-0.25, -0.2) is 4.98 Å². The van der Waals surface area contributed by atoms with E-state index in [0.717, 1.165) is 3.57 Å². The number of carbonyl (C=O) groups excluding carboxylic acids is 1. The number of H-pyrrole nitrogens is 1. The molecule has 0 aliphatic heterocycles. The van der Waals surface area contributed by atoms with E-state index in [1.807, 2.05) is 28.7 Å². The van der Waals surface area contributed by atoms with Crippen LogP contribution >= 0.6 is 45.2 Å². The Morgan fingerprint density at radius 1 is 1.47 bits per heavy atom. The third kappa shape index (κ3) is 3.35. The van der Waals surface area contributed by atoms with Gasteiger partial charge in [0.05, 0.1) is 15.7 Å². The standard InChI is InChI=1S/C11H10I2N4O2/c1-17(4-9-14-5-15-16-9)11(19)7-2-6(12)3-8(13)10(7)18/h2-3,5,18H,4H2,1H3,(H,14,15,16). The number of hydrogen-bond donors (Lipinski definition) is 2. The third-order valence-electron chi connectivity index (χ3n) is 2.46. The largest absolute Gasteiger partial charge is 0.506 e. The minimum absolute atomic E-state index is 0.00966. The molecule has 2 rings (SSSR count). The van der Waals surface area contributed by atoms with Gasteiger partial charge in [-0.2, -0.15) is 5.10 Å². The van der Waals surface area contributed by atoms with E-state index >= 15 is 0 Å². The van der Waals surface area contributed by atoms with E-state index in [2.05, 4.69) is 37.8 Å². The summed E-state index contributed by atoms with van der Waals surface area (Å²) in [6.07, 6.45) is 1.39. The summed E-state index contributed by atoms with van der Waals surface area (Å²) in [7, 11) is 1.65. The Balaban J connectivity index is 2.24. The molecule has 0 spiro atoms. The van der Waals surface area contributed by atoms with Crippen molar-refractivity contribution in [2.75, 3.05) is 7.05 Å². The number of nitrogens with zero attached hydrogens (tertiary/aromatic N) is 3. The number of phenolic OH excluding ortho intramolecular Hbond substituents is 1. The molecule has 0 atom stereocenters. The van der Waals surface area contributed by atoms with Crippen molar-refractivity contribution in [3.05, 3.63) is 37.0 Å². The summed E-state index contributed by atoms with van der Waals surface area (Å²) in [5.74, 6) is 0.344. The number of nitrogens with one attached hydrogen (secondary N) is 1. The molecule has 8 heteroatoms. The topological polar surface area (TPSA) is 82.1 Å². The average Bonchev–Trinajstić information content (AvgIpc) is 2.85. The minimum Gasteiger partial charge on any atom is -0.506 e. The number of carbonyl (C=O) groups is 1. The number of halogens is 2. The zero-order chi connectivity index (χ0) is 14.0. The van der Waals surface area contributed by atoms with Crippen LogP contribution in [0.25, 0.3) is 0 Å². The van der Waals surface area contributed by atoms with Crippen molar-refractivity contribution in [2.45, 2.75) is 6.54 Å². The first-order valence-electron chi connectivity index (χ1n) is 5.26. The molecule has 1 amide bonds. The fraction of sp³-hybridized carbons (Fsp3) is 0.182. The first-order chi connectivity index (χ1) is 8.99. The van der Waals surface area contributed by atoms with Gasteiger partial charge in [-0.1, -0.05) is 0 Å². The molecular weight excluding hydrogens is 474 g/mol. The Morgan fingerprint density at radius 2 is 2.21 bits per heavy atom. The molecular formula is C11H10I2N4O2. The van der Waals surface area contributed by atoms with Crippen LogP contribution in [0.2, 0.25) is 0 Å². The molecule has 19 heavy (non-hydrogen) atoms. The van der Waals surface area contributed by atoms with Crippen LogP contribution in [0.3, 0.4) is 0 Å². The number of rotatable bonds is 3. The summed E-state index contributed by atoms with van der Waals surface area (Å²) in [5, 5.41) is 16.4. The zero-order valence-electron chi connectivity index (χ0n) is 9.89. The van der Waals surface area contributed by atoms with Crippen molar-refractivity contribution < 1.29 is 9.90 Å². The second-order valence-corrected chi connectivity index (χ2v) is 6.28. The van der Waals surface area contributed by atoms with Crippen LogP contribution in [-0.2, 0) is 6.54 Å². The molecule has 2 aromatic rings. The van der Waals surface area contributed by atoms with Crippen LogP contribution in [0.5, 0.6) is 5.75 Å². The van der Waals surface area contributed by atoms with E-state index in [1.165, 1.54) is 11.2 Å². The predicted octanol–water partition coefficient (Wildman–Crippen LogP) is 1.99. The van der Waals surface area contributed by atoms with Crippen molar-refractivity contribution >= 4 is 51.1 Å². The zero-order valence-corrected chi connectivity index (χ0v) is 14.2. The monoisotopic (exact) mass is 484 g/mol. The molecule has 0 aliphatic rings. The number of aromatic hydroxyl groups is 1. The van der Waals surface area contributed by atoms with Gasteiger partial charge in [-0.15, -0.1) is 0 Å². The second-order valence-electron chi connectivity index (χ2n) is 3.88. The maximum Gasteiger partial charge on any atom is 0.257 e. The molecule has 0 aliphatic carbocycles. The molecule has 0 saturated carbocycles. The quantitative estimate of drug-likeness (QED) is 0.654. The lowest BCUT2D eigenvalue weighted by molar-refractivity contribution is 0.0778. The van der Waals surface area contributed by atoms with Crippen LogP contribution in [0, 0.1) is 7.14 Å². The Hall–Kier alpha value is -0.910. The highest BCUT2D eigenvalue weighted by Gasteiger charge is 2.19. The van der Waals surface area contributed by atoms with Gasteiger partial charge in [0.25, 0.3) is 5.91 Å². The number of amides is 1. The molecule has 1 aromatic carbocycles. The maximum absolute atomic E-state index is 12.3. The van der Waals surface area contributed by atoms with Gasteiger partial charge in [0.2, 0.25) is 0 Å². The Bertz CT molecular complexity index is 601. The molecule has 6 nitrogen and oxygen atoms in total. The molecule has 0 fully saturated rings. The lowest BCUT2D eigenvalue weighted by Crippen LogP contribution is -2.27. The molecule has 0 radical (unpaired) electrons. The summed E-state index contributed by atoms with van der Waals surface area (Å²) in [5.41, 5.74) is 0.290. The van der Waals surface area contributed by atoms with Crippen molar-refractivity contribution in [2.24, 2.45) is 0 Å². The Kier molecular flexibility index (Phi) is 4.60. The van der Waals surface area contributed by atoms with E-state index in [0.29, 0.717) is 21.5 Å². The van der Waals surface area contributed by atoms with Crippen molar-refractivity contribution in [3.8, 4) is 5.75 Å². The number of hydrogen-bond acceptors (Lipinski definition) is 4. The lowest BCUT2D eigenvalue weighted by Gasteiger charge is -2.17. The predicted molar refractivity (Wildman–Crippen MR) is 85.7 cm³/mol. The highest BCUT2D eigenvalue weighted by atomic mass is 127. The first-order valence-corrected chi connectivity index (χ1v) is 7.42. The van der Waals surface area contributed by atoms with Gasteiger partial charge in [-0.3, -0.25) is 9.89 Å². The Morgan fingerprint density at radius 3 is 2.84 bits per heavy atom. The minimum atomic E-state index is -0.259. The van der Waals surface area contributed by atoms with Crippen molar-refractivity contribution in [1.29, 1.82) is 0 Å². The highest BCUT2D eigenvalue weighted by Crippen LogP contribution is 2.27.